The van der Waals surface area contributed by atoms with Crippen LogP contribution in [0, 0.1) is 6.92 Å². The van der Waals surface area contributed by atoms with Crippen molar-refractivity contribution in [1.29, 1.82) is 0 Å². The molecule has 0 aromatic heterocycles. The van der Waals surface area contributed by atoms with Gasteiger partial charge in [-0.2, -0.15) is 4.31 Å². The fourth-order valence-corrected chi connectivity index (χ4v) is 5.26. The van der Waals surface area contributed by atoms with E-state index in [-0.39, 0.29) is 11.2 Å². The van der Waals surface area contributed by atoms with Gasteiger partial charge in [0.2, 0.25) is 15.9 Å². The number of carbonyl (C=O) groups excluding carboxylic acids is 1. The fourth-order valence-electron chi connectivity index (χ4n) is 2.74. The highest BCUT2D eigenvalue weighted by Crippen LogP contribution is 2.20. The molecule has 1 heterocycles. The van der Waals surface area contributed by atoms with E-state index in [1.807, 2.05) is 26.0 Å². The smallest absolute Gasteiger partial charge is 0.243 e. The van der Waals surface area contributed by atoms with Crippen molar-refractivity contribution in [2.24, 2.45) is 0 Å². The van der Waals surface area contributed by atoms with E-state index in [0.717, 1.165) is 24.2 Å². The van der Waals surface area contributed by atoms with Crippen LogP contribution in [0.3, 0.4) is 0 Å². The zero-order valence-corrected chi connectivity index (χ0v) is 16.9. The van der Waals surface area contributed by atoms with E-state index in [9.17, 15) is 13.2 Å². The quantitative estimate of drug-likeness (QED) is 0.678. The molecule has 0 aliphatic carbocycles. The highest BCUT2D eigenvalue weighted by atomic mass is 32.2. The first-order valence-corrected chi connectivity index (χ1v) is 11.3. The van der Waals surface area contributed by atoms with Crippen LogP contribution in [-0.4, -0.2) is 60.7 Å². The molecule has 1 saturated heterocycles. The second-order valence-corrected chi connectivity index (χ2v) is 9.80. The van der Waals surface area contributed by atoms with Gasteiger partial charge in [-0.05, 0) is 38.2 Å². The maximum atomic E-state index is 12.7. The number of carbonyl (C=O) groups is 1. The molecule has 1 aliphatic heterocycles. The van der Waals surface area contributed by atoms with E-state index in [1.165, 1.54) is 4.31 Å². The monoisotopic (exact) mass is 384 g/mol. The van der Waals surface area contributed by atoms with Crippen LogP contribution in [0.5, 0.6) is 0 Å². The van der Waals surface area contributed by atoms with Crippen molar-refractivity contribution in [1.82, 2.24) is 9.21 Å². The molecule has 140 valence electrons. The summed E-state index contributed by atoms with van der Waals surface area (Å²) in [6.45, 7) is 7.65. The molecule has 0 saturated carbocycles. The molecule has 1 amide bonds. The Morgan fingerprint density at radius 3 is 2.32 bits per heavy atom. The molecule has 2 rings (SSSR count). The predicted octanol–water partition coefficient (Wildman–Crippen LogP) is 2.75. The third-order valence-electron chi connectivity index (χ3n) is 4.42. The lowest BCUT2D eigenvalue weighted by atomic mass is 10.2. The molecule has 1 unspecified atom stereocenters. The second kappa shape index (κ2) is 9.05. The minimum atomic E-state index is -3.48. The first kappa shape index (κ1) is 20.3. The van der Waals surface area contributed by atoms with Crippen molar-refractivity contribution in [3.8, 4) is 0 Å². The van der Waals surface area contributed by atoms with E-state index < -0.39 is 10.0 Å². The van der Waals surface area contributed by atoms with Crippen molar-refractivity contribution < 1.29 is 13.2 Å². The third-order valence-corrected chi connectivity index (χ3v) is 7.56. The average molecular weight is 385 g/mol. The predicted molar refractivity (Wildman–Crippen MR) is 103 cm³/mol. The molecule has 1 atom stereocenters. The van der Waals surface area contributed by atoms with Gasteiger partial charge in [-0.3, -0.25) is 4.79 Å². The summed E-state index contributed by atoms with van der Waals surface area (Å²) in [7, 11) is -3.48. The van der Waals surface area contributed by atoms with Crippen molar-refractivity contribution >= 4 is 27.7 Å². The maximum absolute atomic E-state index is 12.7. The highest BCUT2D eigenvalue weighted by Gasteiger charge is 2.31. The van der Waals surface area contributed by atoms with E-state index in [0.29, 0.717) is 31.1 Å². The van der Waals surface area contributed by atoms with Gasteiger partial charge < -0.3 is 4.90 Å². The summed E-state index contributed by atoms with van der Waals surface area (Å²) in [5.41, 5.74) is 1.03. The number of piperazine rings is 1. The van der Waals surface area contributed by atoms with Gasteiger partial charge in [0.25, 0.3) is 0 Å². The number of amides is 1. The fraction of sp³-hybridized carbons (Fsp3) is 0.611. The maximum Gasteiger partial charge on any atom is 0.243 e. The van der Waals surface area contributed by atoms with Crippen molar-refractivity contribution in [3.63, 3.8) is 0 Å². The molecule has 0 radical (unpaired) electrons. The molecule has 0 N–H and O–H groups in total. The van der Waals surface area contributed by atoms with Crippen molar-refractivity contribution in [2.75, 3.05) is 31.9 Å². The van der Waals surface area contributed by atoms with E-state index in [1.54, 1.807) is 28.8 Å². The van der Waals surface area contributed by atoms with Crippen LogP contribution in [0.2, 0.25) is 0 Å². The van der Waals surface area contributed by atoms with Crippen LogP contribution in [0.15, 0.2) is 29.2 Å². The van der Waals surface area contributed by atoms with Gasteiger partial charge >= 0.3 is 0 Å². The van der Waals surface area contributed by atoms with Gasteiger partial charge in [0.1, 0.15) is 0 Å². The van der Waals surface area contributed by atoms with E-state index in [4.69, 9.17) is 0 Å². The number of aryl methyl sites for hydroxylation is 1. The average Bonchev–Trinajstić information content (AvgIpc) is 2.61. The number of sulfonamides is 1. The van der Waals surface area contributed by atoms with Crippen molar-refractivity contribution in [3.05, 3.63) is 29.8 Å². The van der Waals surface area contributed by atoms with E-state index in [2.05, 4.69) is 6.92 Å². The molecule has 1 aliphatic rings. The van der Waals surface area contributed by atoms with Crippen LogP contribution >= 0.6 is 11.8 Å². The van der Waals surface area contributed by atoms with Gasteiger partial charge in [-0.25, -0.2) is 8.42 Å². The molecular weight excluding hydrogens is 356 g/mol. The minimum absolute atomic E-state index is 0.0631. The lowest BCUT2D eigenvalue weighted by Crippen LogP contribution is -2.52. The minimum Gasteiger partial charge on any atom is -0.339 e. The number of benzene rings is 1. The molecule has 25 heavy (non-hydrogen) atoms. The molecule has 1 aromatic carbocycles. The molecule has 7 heteroatoms. The Labute approximate surface area is 155 Å². The van der Waals surface area contributed by atoms with Crippen LogP contribution in [-0.2, 0) is 14.8 Å². The zero-order chi connectivity index (χ0) is 18.4. The number of hydrogen-bond acceptors (Lipinski definition) is 4. The third kappa shape index (κ3) is 5.21. The second-order valence-electron chi connectivity index (χ2n) is 6.41. The Balaban J connectivity index is 1.92. The Hall–Kier alpha value is -1.05. The Kier molecular flexibility index (Phi) is 7.34. The molecule has 5 nitrogen and oxygen atoms in total. The zero-order valence-electron chi connectivity index (χ0n) is 15.3. The topological polar surface area (TPSA) is 57.7 Å². The number of hydrogen-bond donors (Lipinski definition) is 0. The Morgan fingerprint density at radius 1 is 1.16 bits per heavy atom. The largest absolute Gasteiger partial charge is 0.339 e. The number of nitrogens with zero attached hydrogens (tertiary/aromatic N) is 2. The van der Waals surface area contributed by atoms with E-state index >= 15 is 0 Å². The van der Waals surface area contributed by atoms with Gasteiger partial charge in [0.05, 0.1) is 10.1 Å². The van der Waals surface area contributed by atoms with Gasteiger partial charge in [-0.15, -0.1) is 11.8 Å². The van der Waals surface area contributed by atoms with Crippen LogP contribution in [0.4, 0.5) is 0 Å². The SMILES string of the molecule is CCCCSC(C)C(=O)N1CCN(S(=O)(=O)c2ccc(C)cc2)CC1. The summed E-state index contributed by atoms with van der Waals surface area (Å²) < 4.78 is 26.9. The molecule has 0 spiro atoms. The molecular formula is C18H28N2O3S2. The normalized spacial score (nSPS) is 17.5. The van der Waals surface area contributed by atoms with Gasteiger partial charge in [0.15, 0.2) is 0 Å². The van der Waals surface area contributed by atoms with Crippen LogP contribution < -0.4 is 0 Å². The first-order valence-electron chi connectivity index (χ1n) is 8.83. The summed E-state index contributed by atoms with van der Waals surface area (Å²) in [6, 6.07) is 6.91. The number of thioether (sulfide) groups is 1. The van der Waals surface area contributed by atoms with Gasteiger partial charge in [-0.1, -0.05) is 31.0 Å². The summed E-state index contributed by atoms with van der Waals surface area (Å²) in [4.78, 5) is 14.6. The van der Waals surface area contributed by atoms with Crippen LogP contribution in [0.1, 0.15) is 32.3 Å². The summed E-state index contributed by atoms with van der Waals surface area (Å²) in [6.07, 6.45) is 2.24. The number of unbranched alkanes of at least 4 members (excludes halogenated alkanes) is 1. The molecule has 1 aromatic rings. The van der Waals surface area contributed by atoms with Gasteiger partial charge in [0, 0.05) is 26.2 Å². The molecule has 1 fully saturated rings. The summed E-state index contributed by atoms with van der Waals surface area (Å²) in [5, 5.41) is -0.0631. The highest BCUT2D eigenvalue weighted by molar-refractivity contribution is 8.00. The molecule has 0 bridgehead atoms. The number of rotatable bonds is 7. The summed E-state index contributed by atoms with van der Waals surface area (Å²) >= 11 is 1.68. The summed E-state index contributed by atoms with van der Waals surface area (Å²) in [5.74, 6) is 1.11. The standard InChI is InChI=1S/C18H28N2O3S2/c1-4-5-14-24-16(3)18(21)19-10-12-20(13-11-19)25(22,23)17-8-6-15(2)7-9-17/h6-9,16H,4-5,10-14H2,1-3H3. The van der Waals surface area contributed by atoms with Crippen LogP contribution in [0.25, 0.3) is 0 Å². The van der Waals surface area contributed by atoms with Crippen molar-refractivity contribution in [2.45, 2.75) is 43.8 Å². The Morgan fingerprint density at radius 2 is 1.76 bits per heavy atom. The lowest BCUT2D eigenvalue weighted by molar-refractivity contribution is -0.131. The first-order chi connectivity index (χ1) is 11.9. The Bertz CT molecular complexity index is 666. The lowest BCUT2D eigenvalue weighted by Gasteiger charge is -2.35.